The predicted molar refractivity (Wildman–Crippen MR) is 101 cm³/mol. The number of benzene rings is 2. The van der Waals surface area contributed by atoms with E-state index in [1.54, 1.807) is 12.1 Å². The van der Waals surface area contributed by atoms with Crippen molar-refractivity contribution >= 4 is 16.9 Å². The first-order valence-electron chi connectivity index (χ1n) is 9.09. The molecular weight excluding hydrogens is 326 g/mol. The van der Waals surface area contributed by atoms with Crippen molar-refractivity contribution in [3.05, 3.63) is 82.2 Å². The minimum Gasteiger partial charge on any atom is -0.422 e. The predicted octanol–water partition coefficient (Wildman–Crippen LogP) is 4.20. The molecule has 0 bridgehead atoms. The van der Waals surface area contributed by atoms with E-state index < -0.39 is 5.63 Å². The van der Waals surface area contributed by atoms with Gasteiger partial charge in [-0.1, -0.05) is 55.0 Å². The standard InChI is InChI=1S/C22H21NO3/c24-21(19-14-17-10-4-5-12-20(17)26-22(19)25)23-13-7-6-11-18(15-23)16-8-2-1-3-9-16/h1-5,8-10,12,14,18H,6-7,11,13,15H2. The fourth-order valence-corrected chi connectivity index (χ4v) is 3.71. The van der Waals surface area contributed by atoms with Crippen molar-refractivity contribution in [2.45, 2.75) is 25.2 Å². The summed E-state index contributed by atoms with van der Waals surface area (Å²) in [6, 6.07) is 19.2. The second kappa shape index (κ2) is 7.16. The van der Waals surface area contributed by atoms with Crippen LogP contribution in [0.3, 0.4) is 0 Å². The number of carbonyl (C=O) groups is 1. The van der Waals surface area contributed by atoms with Gasteiger partial charge in [0.1, 0.15) is 11.1 Å². The fourth-order valence-electron chi connectivity index (χ4n) is 3.71. The summed E-state index contributed by atoms with van der Waals surface area (Å²) in [5, 5.41) is 0.768. The van der Waals surface area contributed by atoms with E-state index in [4.69, 9.17) is 4.42 Å². The lowest BCUT2D eigenvalue weighted by atomic mass is 9.94. The van der Waals surface area contributed by atoms with Gasteiger partial charge in [0.15, 0.2) is 0 Å². The maximum Gasteiger partial charge on any atom is 0.349 e. The number of fused-ring (bicyclic) bond motifs is 1. The van der Waals surface area contributed by atoms with Crippen molar-refractivity contribution in [2.75, 3.05) is 13.1 Å². The minimum absolute atomic E-state index is 0.123. The molecule has 1 unspecified atom stereocenters. The van der Waals surface area contributed by atoms with E-state index >= 15 is 0 Å². The maximum atomic E-state index is 13.1. The first-order valence-corrected chi connectivity index (χ1v) is 9.09. The van der Waals surface area contributed by atoms with Crippen LogP contribution in [-0.4, -0.2) is 23.9 Å². The molecule has 0 aliphatic carbocycles. The zero-order valence-electron chi connectivity index (χ0n) is 14.6. The number of likely N-dealkylation sites (tertiary alicyclic amines) is 1. The van der Waals surface area contributed by atoms with Crippen molar-refractivity contribution in [1.82, 2.24) is 4.90 Å². The minimum atomic E-state index is -0.561. The molecule has 2 heterocycles. The molecule has 0 spiro atoms. The van der Waals surface area contributed by atoms with Gasteiger partial charge in [0.2, 0.25) is 0 Å². The number of nitrogens with zero attached hydrogens (tertiary/aromatic N) is 1. The Bertz CT molecular complexity index is 977. The van der Waals surface area contributed by atoms with Crippen LogP contribution in [0.5, 0.6) is 0 Å². The molecule has 0 radical (unpaired) electrons. The van der Waals surface area contributed by atoms with Crippen LogP contribution >= 0.6 is 0 Å². The van der Waals surface area contributed by atoms with Crippen LogP contribution in [0, 0.1) is 0 Å². The largest absolute Gasteiger partial charge is 0.422 e. The van der Waals surface area contributed by atoms with Crippen LogP contribution < -0.4 is 5.63 Å². The second-order valence-corrected chi connectivity index (χ2v) is 6.84. The van der Waals surface area contributed by atoms with Crippen molar-refractivity contribution in [2.24, 2.45) is 0 Å². The van der Waals surface area contributed by atoms with Crippen molar-refractivity contribution < 1.29 is 9.21 Å². The Kier molecular flexibility index (Phi) is 4.57. The molecule has 2 aromatic carbocycles. The van der Waals surface area contributed by atoms with E-state index in [1.165, 1.54) is 5.56 Å². The lowest BCUT2D eigenvalue weighted by Crippen LogP contribution is -2.36. The van der Waals surface area contributed by atoms with Crippen LogP contribution in [0.1, 0.15) is 41.1 Å². The zero-order valence-corrected chi connectivity index (χ0v) is 14.6. The number of para-hydroxylation sites is 1. The third-order valence-electron chi connectivity index (χ3n) is 5.10. The highest BCUT2D eigenvalue weighted by atomic mass is 16.4. The molecule has 4 nitrogen and oxygen atoms in total. The summed E-state index contributed by atoms with van der Waals surface area (Å²) in [7, 11) is 0. The monoisotopic (exact) mass is 347 g/mol. The van der Waals surface area contributed by atoms with Gasteiger partial charge in [0.25, 0.3) is 5.91 Å². The number of hydrogen-bond donors (Lipinski definition) is 0. The number of rotatable bonds is 2. The third kappa shape index (κ3) is 3.27. The number of carbonyl (C=O) groups excluding carboxylic acids is 1. The summed E-state index contributed by atoms with van der Waals surface area (Å²) >= 11 is 0. The summed E-state index contributed by atoms with van der Waals surface area (Å²) in [6.45, 7) is 1.31. The lowest BCUT2D eigenvalue weighted by Gasteiger charge is -2.24. The molecule has 1 amide bonds. The molecule has 0 saturated carbocycles. The van der Waals surface area contributed by atoms with Crippen LogP contribution in [0.15, 0.2) is 69.9 Å². The van der Waals surface area contributed by atoms with Gasteiger partial charge in [-0.15, -0.1) is 0 Å². The van der Waals surface area contributed by atoms with Gasteiger partial charge in [-0.25, -0.2) is 4.79 Å². The molecule has 1 aromatic heterocycles. The second-order valence-electron chi connectivity index (χ2n) is 6.84. The molecule has 1 aliphatic rings. The topological polar surface area (TPSA) is 50.5 Å². The molecule has 1 aliphatic heterocycles. The van der Waals surface area contributed by atoms with Gasteiger partial charge in [0, 0.05) is 24.4 Å². The normalized spacial score (nSPS) is 17.8. The first kappa shape index (κ1) is 16.6. The molecule has 1 atom stereocenters. The van der Waals surface area contributed by atoms with Crippen LogP contribution in [0.2, 0.25) is 0 Å². The molecule has 4 rings (SSSR count). The Labute approximate surface area is 152 Å². The van der Waals surface area contributed by atoms with E-state index in [1.807, 2.05) is 41.3 Å². The lowest BCUT2D eigenvalue weighted by molar-refractivity contribution is 0.0750. The van der Waals surface area contributed by atoms with Crippen molar-refractivity contribution in [3.63, 3.8) is 0 Å². The fraction of sp³-hybridized carbons (Fsp3) is 0.273. The number of amides is 1. The summed E-state index contributed by atoms with van der Waals surface area (Å²) in [5.41, 5.74) is 1.32. The summed E-state index contributed by atoms with van der Waals surface area (Å²) in [5.74, 6) is 0.0717. The Hall–Kier alpha value is -2.88. The average Bonchev–Trinajstić information content (AvgIpc) is 2.94. The summed E-state index contributed by atoms with van der Waals surface area (Å²) < 4.78 is 5.34. The quantitative estimate of drug-likeness (QED) is 0.653. The molecule has 4 heteroatoms. The first-order chi connectivity index (χ1) is 12.7. The highest BCUT2D eigenvalue weighted by Gasteiger charge is 2.26. The molecule has 1 fully saturated rings. The zero-order chi connectivity index (χ0) is 17.9. The molecule has 0 N–H and O–H groups in total. The van der Waals surface area contributed by atoms with Crippen molar-refractivity contribution in [3.8, 4) is 0 Å². The SMILES string of the molecule is O=C(c1cc2ccccc2oc1=O)N1CCCCC(c2ccccc2)C1. The van der Waals surface area contributed by atoms with E-state index in [2.05, 4.69) is 12.1 Å². The van der Waals surface area contributed by atoms with Crippen LogP contribution in [0.4, 0.5) is 0 Å². The Morgan fingerprint density at radius 1 is 1.00 bits per heavy atom. The van der Waals surface area contributed by atoms with E-state index in [0.29, 0.717) is 24.6 Å². The summed E-state index contributed by atoms with van der Waals surface area (Å²) in [4.78, 5) is 27.2. The van der Waals surface area contributed by atoms with Gasteiger partial charge in [-0.3, -0.25) is 4.79 Å². The molecule has 132 valence electrons. The number of hydrogen-bond acceptors (Lipinski definition) is 3. The van der Waals surface area contributed by atoms with Crippen LogP contribution in [0.25, 0.3) is 11.0 Å². The Balaban J connectivity index is 1.64. The van der Waals surface area contributed by atoms with Gasteiger partial charge in [-0.2, -0.15) is 0 Å². The molecule has 1 saturated heterocycles. The third-order valence-corrected chi connectivity index (χ3v) is 5.10. The Morgan fingerprint density at radius 3 is 2.62 bits per heavy atom. The highest BCUT2D eigenvalue weighted by molar-refractivity contribution is 5.96. The maximum absolute atomic E-state index is 13.1. The summed E-state index contributed by atoms with van der Waals surface area (Å²) in [6.07, 6.45) is 3.09. The van der Waals surface area contributed by atoms with E-state index in [0.717, 1.165) is 24.6 Å². The van der Waals surface area contributed by atoms with E-state index in [-0.39, 0.29) is 11.5 Å². The van der Waals surface area contributed by atoms with Gasteiger partial charge >= 0.3 is 5.63 Å². The Morgan fingerprint density at radius 2 is 1.77 bits per heavy atom. The smallest absolute Gasteiger partial charge is 0.349 e. The molecule has 3 aromatic rings. The van der Waals surface area contributed by atoms with Crippen LogP contribution in [-0.2, 0) is 0 Å². The van der Waals surface area contributed by atoms with Crippen molar-refractivity contribution in [1.29, 1.82) is 0 Å². The molecule has 26 heavy (non-hydrogen) atoms. The highest BCUT2D eigenvalue weighted by Crippen LogP contribution is 2.27. The van der Waals surface area contributed by atoms with E-state index in [9.17, 15) is 9.59 Å². The average molecular weight is 347 g/mol. The van der Waals surface area contributed by atoms with Gasteiger partial charge in [0.05, 0.1) is 0 Å². The molecular formula is C22H21NO3. The van der Waals surface area contributed by atoms with Gasteiger partial charge in [-0.05, 0) is 30.5 Å². The van der Waals surface area contributed by atoms with Gasteiger partial charge < -0.3 is 9.32 Å².